The number of hydrogen-bond donors (Lipinski definition) is 0. The molecule has 1 unspecified atom stereocenters. The molecular formula is C18H24N4O3. The van der Waals surface area contributed by atoms with Gasteiger partial charge in [-0.15, -0.1) is 0 Å². The van der Waals surface area contributed by atoms with Gasteiger partial charge in [0.05, 0.1) is 12.5 Å². The van der Waals surface area contributed by atoms with Gasteiger partial charge in [-0.05, 0) is 24.5 Å². The molecule has 3 rings (SSSR count). The van der Waals surface area contributed by atoms with Gasteiger partial charge in [0, 0.05) is 31.4 Å². The minimum atomic E-state index is 0.000924. The van der Waals surface area contributed by atoms with Crippen molar-refractivity contribution in [2.24, 2.45) is 0 Å². The Bertz CT molecular complexity index is 687. The van der Waals surface area contributed by atoms with Crippen molar-refractivity contribution in [1.29, 1.82) is 0 Å². The van der Waals surface area contributed by atoms with Gasteiger partial charge in [-0.2, -0.15) is 4.98 Å². The zero-order chi connectivity index (χ0) is 17.6. The quantitative estimate of drug-likeness (QED) is 0.800. The summed E-state index contributed by atoms with van der Waals surface area (Å²) in [4.78, 5) is 22.7. The molecule has 0 aliphatic carbocycles. The van der Waals surface area contributed by atoms with Crippen molar-refractivity contribution in [2.45, 2.75) is 51.7 Å². The van der Waals surface area contributed by atoms with E-state index in [4.69, 9.17) is 9.26 Å². The predicted molar refractivity (Wildman–Crippen MR) is 90.7 cm³/mol. The summed E-state index contributed by atoms with van der Waals surface area (Å²) >= 11 is 0. The highest BCUT2D eigenvalue weighted by Crippen LogP contribution is 2.17. The van der Waals surface area contributed by atoms with E-state index in [1.165, 1.54) is 0 Å². The Kier molecular flexibility index (Phi) is 5.75. The molecule has 0 bridgehead atoms. The third kappa shape index (κ3) is 4.85. The van der Waals surface area contributed by atoms with Gasteiger partial charge in [0.25, 0.3) is 5.89 Å². The van der Waals surface area contributed by atoms with Crippen LogP contribution in [0.4, 0.5) is 0 Å². The standard InChI is InChI=1S/C18H24N4O3/c1-13(2)18-20-16(25-21-18)12-24-15-6-4-8-22(11-15)17(23)9-14-5-3-7-19-10-14/h3,5,7,10,13,15H,4,6,8-9,11-12H2,1-2H3. The lowest BCUT2D eigenvalue weighted by atomic mass is 10.1. The molecule has 0 aromatic carbocycles. The summed E-state index contributed by atoms with van der Waals surface area (Å²) in [7, 11) is 0. The second-order valence-corrected chi connectivity index (χ2v) is 6.65. The van der Waals surface area contributed by atoms with E-state index in [-0.39, 0.29) is 24.5 Å². The summed E-state index contributed by atoms with van der Waals surface area (Å²) in [5, 5.41) is 3.93. The zero-order valence-corrected chi connectivity index (χ0v) is 14.7. The number of ether oxygens (including phenoxy) is 1. The first kappa shape index (κ1) is 17.5. The number of pyridine rings is 1. The fraction of sp³-hybridized carbons (Fsp3) is 0.556. The maximum absolute atomic E-state index is 12.5. The summed E-state index contributed by atoms with van der Waals surface area (Å²) in [6.45, 7) is 5.70. The fourth-order valence-corrected chi connectivity index (χ4v) is 2.84. The monoisotopic (exact) mass is 344 g/mol. The average molecular weight is 344 g/mol. The van der Waals surface area contributed by atoms with Crippen LogP contribution in [0.1, 0.15) is 49.9 Å². The molecule has 0 saturated carbocycles. The molecule has 3 heterocycles. The SMILES string of the molecule is CC(C)c1noc(COC2CCCN(C(=O)Cc3cccnc3)C2)n1. The first-order chi connectivity index (χ1) is 12.1. The van der Waals surface area contributed by atoms with Crippen LogP contribution in [0.15, 0.2) is 29.0 Å². The highest BCUT2D eigenvalue weighted by Gasteiger charge is 2.25. The first-order valence-electron chi connectivity index (χ1n) is 8.72. The van der Waals surface area contributed by atoms with Crippen molar-refractivity contribution in [1.82, 2.24) is 20.0 Å². The topological polar surface area (TPSA) is 81.4 Å². The fourth-order valence-electron chi connectivity index (χ4n) is 2.84. The molecule has 0 N–H and O–H groups in total. The van der Waals surface area contributed by atoms with Gasteiger partial charge in [0.2, 0.25) is 5.91 Å². The number of aromatic nitrogens is 3. The minimum Gasteiger partial charge on any atom is -0.367 e. The second-order valence-electron chi connectivity index (χ2n) is 6.65. The number of carbonyl (C=O) groups excluding carboxylic acids is 1. The van der Waals surface area contributed by atoms with Crippen LogP contribution in [0.2, 0.25) is 0 Å². The zero-order valence-electron chi connectivity index (χ0n) is 14.7. The van der Waals surface area contributed by atoms with Crippen molar-refractivity contribution in [3.05, 3.63) is 41.8 Å². The molecule has 1 fully saturated rings. The lowest BCUT2D eigenvalue weighted by Crippen LogP contribution is -2.43. The molecule has 25 heavy (non-hydrogen) atoms. The highest BCUT2D eigenvalue weighted by molar-refractivity contribution is 5.78. The number of nitrogens with zero attached hydrogens (tertiary/aromatic N) is 4. The molecule has 1 aliphatic heterocycles. The van der Waals surface area contributed by atoms with E-state index in [1.54, 1.807) is 12.4 Å². The predicted octanol–water partition coefficient (Wildman–Crippen LogP) is 2.34. The molecule has 2 aromatic heterocycles. The van der Waals surface area contributed by atoms with E-state index in [2.05, 4.69) is 15.1 Å². The molecule has 1 aliphatic rings. The van der Waals surface area contributed by atoms with E-state index in [0.717, 1.165) is 24.9 Å². The van der Waals surface area contributed by atoms with Gasteiger partial charge in [-0.25, -0.2) is 0 Å². The third-order valence-corrected chi connectivity index (χ3v) is 4.25. The molecule has 1 amide bonds. The Morgan fingerprint density at radius 2 is 2.36 bits per heavy atom. The van der Waals surface area contributed by atoms with Crippen molar-refractivity contribution < 1.29 is 14.1 Å². The van der Waals surface area contributed by atoms with E-state index >= 15 is 0 Å². The van der Waals surface area contributed by atoms with E-state index in [1.807, 2.05) is 30.9 Å². The van der Waals surface area contributed by atoms with Crippen LogP contribution >= 0.6 is 0 Å². The molecule has 1 saturated heterocycles. The molecule has 7 heteroatoms. The number of amides is 1. The molecular weight excluding hydrogens is 320 g/mol. The van der Waals surface area contributed by atoms with Crippen LogP contribution in [0.3, 0.4) is 0 Å². The van der Waals surface area contributed by atoms with Gasteiger partial charge in [-0.1, -0.05) is 25.1 Å². The van der Waals surface area contributed by atoms with E-state index in [0.29, 0.717) is 24.7 Å². The van der Waals surface area contributed by atoms with Gasteiger partial charge >= 0.3 is 0 Å². The Morgan fingerprint density at radius 1 is 1.48 bits per heavy atom. The number of likely N-dealkylation sites (tertiary alicyclic amines) is 1. The Hall–Kier alpha value is -2.28. The number of piperidine rings is 1. The molecule has 0 radical (unpaired) electrons. The van der Waals surface area contributed by atoms with Crippen LogP contribution in [-0.4, -0.2) is 45.1 Å². The van der Waals surface area contributed by atoms with E-state index in [9.17, 15) is 4.79 Å². The van der Waals surface area contributed by atoms with Gasteiger partial charge in [-0.3, -0.25) is 9.78 Å². The summed E-state index contributed by atoms with van der Waals surface area (Å²) in [5.74, 6) is 1.52. The van der Waals surface area contributed by atoms with Gasteiger partial charge in [0.1, 0.15) is 6.61 Å². The van der Waals surface area contributed by atoms with Crippen molar-refractivity contribution in [3.8, 4) is 0 Å². The number of rotatable bonds is 6. The smallest absolute Gasteiger partial charge is 0.252 e. The largest absolute Gasteiger partial charge is 0.367 e. The maximum Gasteiger partial charge on any atom is 0.252 e. The van der Waals surface area contributed by atoms with Crippen molar-refractivity contribution in [2.75, 3.05) is 13.1 Å². The molecule has 2 aromatic rings. The Morgan fingerprint density at radius 3 is 3.08 bits per heavy atom. The molecule has 7 nitrogen and oxygen atoms in total. The molecule has 0 spiro atoms. The van der Waals surface area contributed by atoms with Crippen LogP contribution in [0.25, 0.3) is 0 Å². The van der Waals surface area contributed by atoms with Crippen LogP contribution < -0.4 is 0 Å². The highest BCUT2D eigenvalue weighted by atomic mass is 16.5. The third-order valence-electron chi connectivity index (χ3n) is 4.25. The average Bonchev–Trinajstić information content (AvgIpc) is 3.10. The van der Waals surface area contributed by atoms with Gasteiger partial charge < -0.3 is 14.2 Å². The second kappa shape index (κ2) is 8.20. The van der Waals surface area contributed by atoms with Crippen LogP contribution in [0, 0.1) is 0 Å². The van der Waals surface area contributed by atoms with Crippen LogP contribution in [-0.2, 0) is 22.6 Å². The normalized spacial score (nSPS) is 17.9. The van der Waals surface area contributed by atoms with Gasteiger partial charge in [0.15, 0.2) is 5.82 Å². The Labute approximate surface area is 147 Å². The summed E-state index contributed by atoms with van der Waals surface area (Å²) in [6.07, 6.45) is 5.69. The Balaban J connectivity index is 1.49. The lowest BCUT2D eigenvalue weighted by Gasteiger charge is -2.32. The number of carbonyl (C=O) groups is 1. The van der Waals surface area contributed by atoms with E-state index < -0.39 is 0 Å². The maximum atomic E-state index is 12.5. The summed E-state index contributed by atoms with van der Waals surface area (Å²) < 4.78 is 11.1. The van der Waals surface area contributed by atoms with Crippen LogP contribution in [0.5, 0.6) is 0 Å². The summed E-state index contributed by atoms with van der Waals surface area (Å²) in [5.41, 5.74) is 0.933. The lowest BCUT2D eigenvalue weighted by molar-refractivity contribution is -0.135. The molecule has 134 valence electrons. The summed E-state index contributed by atoms with van der Waals surface area (Å²) in [6, 6.07) is 3.77. The van der Waals surface area contributed by atoms with Crippen molar-refractivity contribution in [3.63, 3.8) is 0 Å². The number of hydrogen-bond acceptors (Lipinski definition) is 6. The molecule has 1 atom stereocenters. The minimum absolute atomic E-state index is 0.000924. The first-order valence-corrected chi connectivity index (χ1v) is 8.72. The van der Waals surface area contributed by atoms with Crippen molar-refractivity contribution >= 4 is 5.91 Å².